The number of aryl methyl sites for hydroxylation is 1. The Morgan fingerprint density at radius 3 is 2.88 bits per heavy atom. The van der Waals surface area contributed by atoms with Crippen LogP contribution >= 0.6 is 0 Å². The van der Waals surface area contributed by atoms with Crippen LogP contribution in [-0.2, 0) is 11.8 Å². The van der Waals surface area contributed by atoms with E-state index in [1.54, 1.807) is 24.9 Å². The van der Waals surface area contributed by atoms with Crippen LogP contribution in [0.1, 0.15) is 35.1 Å². The molecule has 5 rings (SSSR count). The van der Waals surface area contributed by atoms with E-state index in [0.717, 1.165) is 34.3 Å². The van der Waals surface area contributed by atoms with Crippen molar-refractivity contribution in [3.05, 3.63) is 59.3 Å². The molecule has 0 bridgehead atoms. The molecule has 2 heterocycles. The van der Waals surface area contributed by atoms with E-state index in [9.17, 15) is 4.79 Å². The third kappa shape index (κ3) is 3.41. The smallest absolute Gasteiger partial charge is 0.211 e. The van der Waals surface area contributed by atoms with Crippen LogP contribution < -0.4 is 15.4 Å². The minimum atomic E-state index is 0.310. The molecule has 1 fully saturated rings. The second-order valence-corrected chi connectivity index (χ2v) is 7.82. The molecule has 2 aromatic carbocycles. The number of nitrogens with one attached hydrogen (secondary N) is 3. The third-order valence-corrected chi connectivity index (χ3v) is 5.92. The molecule has 0 saturated heterocycles. The van der Waals surface area contributed by atoms with Gasteiger partial charge in [-0.15, -0.1) is 0 Å². The molecule has 1 aliphatic rings. The Kier molecular flexibility index (Phi) is 4.75. The maximum absolute atomic E-state index is 11.0. The largest absolute Gasteiger partial charge is 0.497 e. The molecule has 0 radical (unpaired) electrons. The summed E-state index contributed by atoms with van der Waals surface area (Å²) in [5.74, 6) is 2.81. The average molecular weight is 427 g/mol. The first-order valence-corrected chi connectivity index (χ1v) is 10.2. The Hall–Kier alpha value is -4.32. The van der Waals surface area contributed by atoms with Crippen LogP contribution in [0.5, 0.6) is 5.75 Å². The topological polar surface area (TPSA) is 121 Å². The SMILES string of the molecule is COc1ccc(NC=O)c(C2CC2c2ccc3c(Nc4cc(C#N)nn4C)n[nH]c3c2)c1. The van der Waals surface area contributed by atoms with Crippen molar-refractivity contribution in [2.45, 2.75) is 18.3 Å². The van der Waals surface area contributed by atoms with Gasteiger partial charge >= 0.3 is 0 Å². The molecule has 32 heavy (non-hydrogen) atoms. The number of hydrogen-bond acceptors (Lipinski definition) is 6. The van der Waals surface area contributed by atoms with Crippen LogP contribution in [0.3, 0.4) is 0 Å². The van der Waals surface area contributed by atoms with Gasteiger partial charge in [-0.3, -0.25) is 14.6 Å². The molecule has 0 spiro atoms. The number of benzene rings is 2. The number of rotatable bonds is 7. The molecule has 2 atom stereocenters. The van der Waals surface area contributed by atoms with E-state index in [4.69, 9.17) is 10.00 Å². The number of ether oxygens (including phenoxy) is 1. The first kappa shape index (κ1) is 19.6. The van der Waals surface area contributed by atoms with E-state index in [1.807, 2.05) is 30.3 Å². The number of anilines is 3. The maximum atomic E-state index is 11.0. The van der Waals surface area contributed by atoms with Gasteiger partial charge in [-0.2, -0.15) is 15.5 Å². The van der Waals surface area contributed by atoms with Crippen LogP contribution in [0.2, 0.25) is 0 Å². The second kappa shape index (κ2) is 7.74. The summed E-state index contributed by atoms with van der Waals surface area (Å²) < 4.78 is 6.99. The molecular weight excluding hydrogens is 406 g/mol. The lowest BCUT2D eigenvalue weighted by molar-refractivity contribution is -0.105. The van der Waals surface area contributed by atoms with E-state index in [1.165, 1.54) is 5.56 Å². The van der Waals surface area contributed by atoms with Crippen molar-refractivity contribution in [2.75, 3.05) is 17.7 Å². The number of H-pyrrole nitrogens is 1. The molecule has 1 amide bonds. The van der Waals surface area contributed by atoms with Gasteiger partial charge in [0.2, 0.25) is 6.41 Å². The predicted octanol–water partition coefficient (Wildman–Crippen LogP) is 3.76. The molecule has 3 N–H and O–H groups in total. The molecule has 160 valence electrons. The summed E-state index contributed by atoms with van der Waals surface area (Å²) in [6.07, 6.45) is 1.70. The fourth-order valence-electron chi connectivity index (χ4n) is 4.20. The molecule has 4 aromatic rings. The van der Waals surface area contributed by atoms with Gasteiger partial charge in [-0.1, -0.05) is 6.07 Å². The van der Waals surface area contributed by atoms with E-state index >= 15 is 0 Å². The number of methoxy groups -OCH3 is 1. The first-order chi connectivity index (χ1) is 15.6. The van der Waals surface area contributed by atoms with Crippen molar-refractivity contribution in [2.24, 2.45) is 7.05 Å². The minimum absolute atomic E-state index is 0.310. The quantitative estimate of drug-likeness (QED) is 0.386. The van der Waals surface area contributed by atoms with E-state index in [2.05, 4.69) is 38.1 Å². The zero-order valence-corrected chi connectivity index (χ0v) is 17.6. The van der Waals surface area contributed by atoms with Crippen LogP contribution in [0.4, 0.5) is 17.3 Å². The van der Waals surface area contributed by atoms with Gasteiger partial charge in [0.05, 0.1) is 12.6 Å². The van der Waals surface area contributed by atoms with Crippen LogP contribution in [0, 0.1) is 11.3 Å². The zero-order chi connectivity index (χ0) is 22.2. The van der Waals surface area contributed by atoms with E-state index < -0.39 is 0 Å². The number of nitriles is 1. The van der Waals surface area contributed by atoms with Crippen molar-refractivity contribution in [1.29, 1.82) is 5.26 Å². The fraction of sp³-hybridized carbons (Fsp3) is 0.217. The monoisotopic (exact) mass is 427 g/mol. The second-order valence-electron chi connectivity index (χ2n) is 7.82. The molecule has 1 saturated carbocycles. The first-order valence-electron chi connectivity index (χ1n) is 10.2. The Morgan fingerprint density at radius 1 is 1.25 bits per heavy atom. The zero-order valence-electron chi connectivity index (χ0n) is 17.6. The summed E-state index contributed by atoms with van der Waals surface area (Å²) in [7, 11) is 3.41. The van der Waals surface area contributed by atoms with Crippen molar-refractivity contribution in [3.63, 3.8) is 0 Å². The van der Waals surface area contributed by atoms with Crippen molar-refractivity contribution >= 4 is 34.6 Å². The molecule has 9 heteroatoms. The fourth-order valence-corrected chi connectivity index (χ4v) is 4.20. The van der Waals surface area contributed by atoms with E-state index in [-0.39, 0.29) is 0 Å². The molecule has 2 aromatic heterocycles. The van der Waals surface area contributed by atoms with Crippen molar-refractivity contribution in [1.82, 2.24) is 20.0 Å². The molecule has 9 nitrogen and oxygen atoms in total. The lowest BCUT2D eigenvalue weighted by atomic mass is 10.0. The van der Waals surface area contributed by atoms with E-state index in [0.29, 0.717) is 35.6 Å². The number of amides is 1. The summed E-state index contributed by atoms with van der Waals surface area (Å²) in [6, 6.07) is 15.7. The average Bonchev–Trinajstić information content (AvgIpc) is 3.39. The van der Waals surface area contributed by atoms with Crippen molar-refractivity contribution < 1.29 is 9.53 Å². The van der Waals surface area contributed by atoms with Crippen molar-refractivity contribution in [3.8, 4) is 11.8 Å². The van der Waals surface area contributed by atoms with Crippen LogP contribution in [0.25, 0.3) is 10.9 Å². The standard InChI is InChI=1S/C23H21N7O2/c1-30-22(8-14(11-24)29-30)26-23-16-5-3-13(7-21(16)27-28-23)17-10-18(17)19-9-15(32-2)4-6-20(19)25-12-31/h3-9,12,17-18H,10H2,1-2H3,(H,25,31)(H2,26,27,28). The maximum Gasteiger partial charge on any atom is 0.211 e. The summed E-state index contributed by atoms with van der Waals surface area (Å²) in [4.78, 5) is 11.0. The highest BCUT2D eigenvalue weighted by molar-refractivity contribution is 5.91. The van der Waals surface area contributed by atoms with Gasteiger partial charge in [-0.25, -0.2) is 0 Å². The number of hydrogen-bond donors (Lipinski definition) is 3. The Balaban J connectivity index is 1.40. The van der Waals surface area contributed by atoms with Gasteiger partial charge in [0.1, 0.15) is 17.6 Å². The van der Waals surface area contributed by atoms with Gasteiger partial charge in [0.15, 0.2) is 11.5 Å². The molecule has 0 aliphatic heterocycles. The number of aromatic amines is 1. The highest BCUT2D eigenvalue weighted by Gasteiger charge is 2.41. The van der Waals surface area contributed by atoms with Gasteiger partial charge < -0.3 is 15.4 Å². The summed E-state index contributed by atoms with van der Waals surface area (Å²) in [6.45, 7) is 0. The lowest BCUT2D eigenvalue weighted by Crippen LogP contribution is -1.99. The highest BCUT2D eigenvalue weighted by atomic mass is 16.5. The molecule has 2 unspecified atom stereocenters. The number of aromatic nitrogens is 4. The summed E-state index contributed by atoms with van der Waals surface area (Å²) in [5, 5.41) is 27.6. The van der Waals surface area contributed by atoms with Gasteiger partial charge in [0, 0.05) is 24.2 Å². The number of nitrogens with zero attached hydrogens (tertiary/aromatic N) is 4. The highest BCUT2D eigenvalue weighted by Crippen LogP contribution is 2.57. The number of carbonyl (C=O) groups is 1. The third-order valence-electron chi connectivity index (χ3n) is 5.92. The molecule has 1 aliphatic carbocycles. The minimum Gasteiger partial charge on any atom is -0.497 e. The van der Waals surface area contributed by atoms with Crippen LogP contribution in [0.15, 0.2) is 42.5 Å². The number of carbonyl (C=O) groups excluding carboxylic acids is 1. The summed E-state index contributed by atoms with van der Waals surface area (Å²) >= 11 is 0. The Morgan fingerprint density at radius 2 is 2.12 bits per heavy atom. The number of fused-ring (bicyclic) bond motifs is 1. The summed E-state index contributed by atoms with van der Waals surface area (Å²) in [5.41, 5.74) is 4.38. The van der Waals surface area contributed by atoms with Gasteiger partial charge in [0.25, 0.3) is 0 Å². The normalized spacial score (nSPS) is 17.0. The lowest BCUT2D eigenvalue weighted by Gasteiger charge is -2.11. The molecular formula is C23H21N7O2. The Labute approximate surface area is 184 Å². The van der Waals surface area contributed by atoms with Gasteiger partial charge in [-0.05, 0) is 59.7 Å². The van der Waals surface area contributed by atoms with Crippen LogP contribution in [-0.4, -0.2) is 33.5 Å². The Bertz CT molecular complexity index is 1360. The predicted molar refractivity (Wildman–Crippen MR) is 120 cm³/mol.